The van der Waals surface area contributed by atoms with Gasteiger partial charge in [-0.05, 0) is 59.5 Å². The van der Waals surface area contributed by atoms with Gasteiger partial charge in [0.25, 0.3) is 0 Å². The van der Waals surface area contributed by atoms with Crippen molar-refractivity contribution in [1.82, 2.24) is 9.97 Å². The van der Waals surface area contributed by atoms with Gasteiger partial charge in [0.1, 0.15) is 0 Å². The minimum atomic E-state index is 0.190. The normalized spacial score (nSPS) is 19.4. The number of carbonyl (C=O) groups is 1. The molecule has 0 aromatic carbocycles. The van der Waals surface area contributed by atoms with E-state index in [9.17, 15) is 4.79 Å². The molecule has 0 N–H and O–H groups in total. The van der Waals surface area contributed by atoms with Crippen LogP contribution in [0.2, 0.25) is 0 Å². The first kappa shape index (κ1) is 15.4. The van der Waals surface area contributed by atoms with Gasteiger partial charge in [0.05, 0.1) is 10.2 Å². The van der Waals surface area contributed by atoms with Crippen LogP contribution in [0.15, 0.2) is 33.6 Å². The summed E-state index contributed by atoms with van der Waals surface area (Å²) in [5.74, 6) is 0.399. The maximum atomic E-state index is 12.2. The van der Waals surface area contributed by atoms with Crippen LogP contribution in [0.3, 0.4) is 0 Å². The molecule has 20 heavy (non-hydrogen) atoms. The van der Waals surface area contributed by atoms with Crippen molar-refractivity contribution in [3.05, 3.63) is 34.1 Å². The monoisotopic (exact) mass is 352 g/mol. The van der Waals surface area contributed by atoms with E-state index in [1.807, 2.05) is 20.1 Å². The molecule has 1 heterocycles. The van der Waals surface area contributed by atoms with E-state index in [2.05, 4.69) is 32.5 Å². The van der Waals surface area contributed by atoms with Crippen LogP contribution < -0.4 is 0 Å². The lowest BCUT2D eigenvalue weighted by molar-refractivity contribution is -0.116. The molecule has 5 heteroatoms. The summed E-state index contributed by atoms with van der Waals surface area (Å²) in [6.07, 6.45) is 5.07. The molecule has 0 amide bonds. The highest BCUT2D eigenvalue weighted by Crippen LogP contribution is 2.38. The Morgan fingerprint density at radius 3 is 2.80 bits per heavy atom. The number of allylic oxidation sites excluding steroid dienone is 3. The predicted octanol–water partition coefficient (Wildman–Crippen LogP) is 4.29. The van der Waals surface area contributed by atoms with Crippen molar-refractivity contribution in [2.75, 3.05) is 6.26 Å². The van der Waals surface area contributed by atoms with Gasteiger partial charge in [-0.2, -0.15) is 0 Å². The Balaban J connectivity index is 2.51. The molecule has 0 bridgehead atoms. The topological polar surface area (TPSA) is 42.9 Å². The van der Waals surface area contributed by atoms with Gasteiger partial charge < -0.3 is 0 Å². The van der Waals surface area contributed by atoms with E-state index in [-0.39, 0.29) is 11.7 Å². The molecule has 0 spiro atoms. The average molecular weight is 353 g/mol. The standard InChI is InChI=1S/C15H17BrN2OS/c1-8(2)10-5-11(9(3)13(19)6-10)14-12(16)7-17-15(18-14)20-4/h7,10H,1,5-6H2,2-4H3. The van der Waals surface area contributed by atoms with E-state index >= 15 is 0 Å². The van der Waals surface area contributed by atoms with Crippen LogP contribution in [0.4, 0.5) is 0 Å². The van der Waals surface area contributed by atoms with Crippen LogP contribution in [0.5, 0.6) is 0 Å². The van der Waals surface area contributed by atoms with Gasteiger partial charge in [-0.15, -0.1) is 0 Å². The minimum absolute atomic E-state index is 0.190. The molecule has 0 aliphatic heterocycles. The van der Waals surface area contributed by atoms with Crippen LogP contribution in [0, 0.1) is 5.92 Å². The Hall–Kier alpha value is -0.940. The summed E-state index contributed by atoms with van der Waals surface area (Å²) in [4.78, 5) is 21.0. The number of carbonyl (C=O) groups excluding carboxylic acids is 1. The van der Waals surface area contributed by atoms with Crippen molar-refractivity contribution in [2.45, 2.75) is 31.8 Å². The fourth-order valence-corrected chi connectivity index (χ4v) is 3.07. The third-order valence-corrected chi connectivity index (χ3v) is 4.78. The number of hydrogen-bond acceptors (Lipinski definition) is 4. The van der Waals surface area contributed by atoms with Gasteiger partial charge in [-0.1, -0.05) is 23.9 Å². The Labute approximate surface area is 132 Å². The number of ketones is 1. The van der Waals surface area contributed by atoms with Crippen molar-refractivity contribution >= 4 is 39.0 Å². The minimum Gasteiger partial charge on any atom is -0.295 e. The van der Waals surface area contributed by atoms with Crippen LogP contribution in [0.25, 0.3) is 5.57 Å². The van der Waals surface area contributed by atoms with E-state index in [4.69, 9.17) is 0 Å². The van der Waals surface area contributed by atoms with Gasteiger partial charge in [0.15, 0.2) is 10.9 Å². The lowest BCUT2D eigenvalue weighted by atomic mass is 9.79. The third-order valence-electron chi connectivity index (χ3n) is 3.64. The molecule has 1 aliphatic rings. The summed E-state index contributed by atoms with van der Waals surface area (Å²) < 4.78 is 0.833. The van der Waals surface area contributed by atoms with E-state index in [1.165, 1.54) is 11.8 Å². The van der Waals surface area contributed by atoms with Crippen LogP contribution >= 0.6 is 27.7 Å². The molecule has 1 aliphatic carbocycles. The second kappa shape index (κ2) is 6.22. The number of thioether (sulfide) groups is 1. The molecule has 0 saturated carbocycles. The van der Waals surface area contributed by atoms with Gasteiger partial charge in [-0.25, -0.2) is 9.97 Å². The molecule has 3 nitrogen and oxygen atoms in total. The summed E-state index contributed by atoms with van der Waals surface area (Å²) in [7, 11) is 0. The first-order valence-electron chi connectivity index (χ1n) is 6.39. The summed E-state index contributed by atoms with van der Waals surface area (Å²) in [5.41, 5.74) is 3.72. The molecular formula is C15H17BrN2OS. The molecule has 2 rings (SSSR count). The highest BCUT2D eigenvalue weighted by molar-refractivity contribution is 9.10. The van der Waals surface area contributed by atoms with Crippen LogP contribution in [0.1, 0.15) is 32.4 Å². The summed E-state index contributed by atoms with van der Waals surface area (Å²) in [6, 6.07) is 0. The molecule has 1 atom stereocenters. The lowest BCUT2D eigenvalue weighted by Gasteiger charge is -2.25. The number of Topliss-reactive ketones (excluding diaryl/α,β-unsaturated/α-hetero) is 1. The second-order valence-corrected chi connectivity index (χ2v) is 6.66. The fourth-order valence-electron chi connectivity index (χ4n) is 2.30. The van der Waals surface area contributed by atoms with Gasteiger partial charge >= 0.3 is 0 Å². The number of halogens is 1. The fraction of sp³-hybridized carbons (Fsp3) is 0.400. The maximum Gasteiger partial charge on any atom is 0.187 e. The number of aromatic nitrogens is 2. The maximum absolute atomic E-state index is 12.2. The average Bonchev–Trinajstić information content (AvgIpc) is 2.42. The first-order chi connectivity index (χ1) is 9.43. The molecule has 0 saturated heterocycles. The highest BCUT2D eigenvalue weighted by Gasteiger charge is 2.28. The van der Waals surface area contributed by atoms with Gasteiger partial charge in [0, 0.05) is 12.6 Å². The zero-order valence-electron chi connectivity index (χ0n) is 11.9. The van der Waals surface area contributed by atoms with Crippen LogP contribution in [-0.2, 0) is 4.79 Å². The number of nitrogens with zero attached hydrogens (tertiary/aromatic N) is 2. The molecule has 1 unspecified atom stereocenters. The van der Waals surface area contributed by atoms with E-state index in [0.29, 0.717) is 11.6 Å². The Morgan fingerprint density at radius 1 is 1.50 bits per heavy atom. The molecule has 1 aromatic rings. The molecule has 0 radical (unpaired) electrons. The largest absolute Gasteiger partial charge is 0.295 e. The van der Waals surface area contributed by atoms with Crippen molar-refractivity contribution in [3.8, 4) is 0 Å². The molecule has 0 fully saturated rings. The number of hydrogen-bond donors (Lipinski definition) is 0. The lowest BCUT2D eigenvalue weighted by Crippen LogP contribution is -2.19. The highest BCUT2D eigenvalue weighted by atomic mass is 79.9. The zero-order valence-corrected chi connectivity index (χ0v) is 14.3. The van der Waals surface area contributed by atoms with Gasteiger partial charge in [0.2, 0.25) is 0 Å². The molecular weight excluding hydrogens is 336 g/mol. The SMILES string of the molecule is C=C(C)C1CC(=O)C(C)=C(c2nc(SC)ncc2Br)C1. The Bertz CT molecular complexity index is 610. The van der Waals surface area contributed by atoms with E-state index < -0.39 is 0 Å². The first-order valence-corrected chi connectivity index (χ1v) is 8.41. The molecule has 106 valence electrons. The van der Waals surface area contributed by atoms with Gasteiger partial charge in [-0.3, -0.25) is 4.79 Å². The van der Waals surface area contributed by atoms with Crippen molar-refractivity contribution in [1.29, 1.82) is 0 Å². The zero-order chi connectivity index (χ0) is 14.9. The Morgan fingerprint density at radius 2 is 2.20 bits per heavy atom. The molecule has 1 aromatic heterocycles. The summed E-state index contributed by atoms with van der Waals surface area (Å²) in [6.45, 7) is 7.87. The Kier molecular flexibility index (Phi) is 4.81. The third kappa shape index (κ3) is 3.04. The van der Waals surface area contributed by atoms with Crippen molar-refractivity contribution in [2.24, 2.45) is 5.92 Å². The van der Waals surface area contributed by atoms with Crippen LogP contribution in [-0.4, -0.2) is 22.0 Å². The number of rotatable bonds is 3. The smallest absolute Gasteiger partial charge is 0.187 e. The van der Waals surface area contributed by atoms with E-state index in [0.717, 1.165) is 33.3 Å². The quantitative estimate of drug-likeness (QED) is 0.462. The van der Waals surface area contributed by atoms with Crippen molar-refractivity contribution < 1.29 is 4.79 Å². The summed E-state index contributed by atoms with van der Waals surface area (Å²) in [5, 5.41) is 0.716. The van der Waals surface area contributed by atoms with E-state index in [1.54, 1.807) is 6.20 Å². The van der Waals surface area contributed by atoms with Crippen molar-refractivity contribution in [3.63, 3.8) is 0 Å². The summed E-state index contributed by atoms with van der Waals surface area (Å²) >= 11 is 4.99. The predicted molar refractivity (Wildman–Crippen MR) is 86.7 cm³/mol. The second-order valence-electron chi connectivity index (χ2n) is 5.03.